The minimum atomic E-state index is -4.34. The first-order chi connectivity index (χ1) is 9.85. The van der Waals surface area contributed by atoms with Crippen LogP contribution in [0.2, 0.25) is 0 Å². The molecule has 6 heteroatoms. The van der Waals surface area contributed by atoms with Gasteiger partial charge in [-0.05, 0) is 37.4 Å². The summed E-state index contributed by atoms with van der Waals surface area (Å²) >= 11 is 1.65. The highest BCUT2D eigenvalue weighted by Crippen LogP contribution is 2.38. The summed E-state index contributed by atoms with van der Waals surface area (Å²) in [4.78, 5) is 1.75. The summed E-state index contributed by atoms with van der Waals surface area (Å²) < 4.78 is 40.0. The molecular formula is C15H23F3N2S. The van der Waals surface area contributed by atoms with Crippen molar-refractivity contribution in [2.45, 2.75) is 32.1 Å². The molecule has 0 saturated carbocycles. The fraction of sp³-hybridized carbons (Fsp3) is 0.600. The molecule has 0 fully saturated rings. The van der Waals surface area contributed by atoms with Gasteiger partial charge in [0.25, 0.3) is 0 Å². The Balaban J connectivity index is 3.21. The third-order valence-corrected chi connectivity index (χ3v) is 4.22. The fourth-order valence-electron chi connectivity index (χ4n) is 2.32. The molecule has 0 aliphatic carbocycles. The van der Waals surface area contributed by atoms with Gasteiger partial charge in [-0.15, -0.1) is 0 Å². The highest BCUT2D eigenvalue weighted by Gasteiger charge is 2.35. The van der Waals surface area contributed by atoms with Crippen LogP contribution in [0.3, 0.4) is 0 Å². The van der Waals surface area contributed by atoms with Crippen LogP contribution in [0.1, 0.15) is 24.5 Å². The van der Waals surface area contributed by atoms with Crippen LogP contribution in [0.5, 0.6) is 0 Å². The van der Waals surface area contributed by atoms with Crippen molar-refractivity contribution in [2.75, 3.05) is 31.0 Å². The van der Waals surface area contributed by atoms with E-state index in [0.717, 1.165) is 12.2 Å². The summed E-state index contributed by atoms with van der Waals surface area (Å²) in [6, 6.07) is 4.67. The zero-order valence-electron chi connectivity index (χ0n) is 12.9. The van der Waals surface area contributed by atoms with Crippen LogP contribution in [0.15, 0.2) is 18.2 Å². The first-order valence-corrected chi connectivity index (χ1v) is 8.31. The average Bonchev–Trinajstić information content (AvgIpc) is 2.43. The monoisotopic (exact) mass is 320 g/mol. The van der Waals surface area contributed by atoms with Gasteiger partial charge in [0.05, 0.1) is 5.56 Å². The van der Waals surface area contributed by atoms with E-state index in [2.05, 4.69) is 5.32 Å². The molecule has 0 radical (unpaired) electrons. The minimum Gasteiger partial charge on any atom is -0.370 e. The molecule has 0 bridgehead atoms. The molecule has 1 N–H and O–H groups in total. The van der Waals surface area contributed by atoms with E-state index in [4.69, 9.17) is 0 Å². The predicted octanol–water partition coefficient (Wildman–Crippen LogP) is 4.00. The van der Waals surface area contributed by atoms with Gasteiger partial charge in [-0.25, -0.2) is 0 Å². The van der Waals surface area contributed by atoms with E-state index in [-0.39, 0.29) is 11.7 Å². The van der Waals surface area contributed by atoms with Crippen molar-refractivity contribution in [3.63, 3.8) is 0 Å². The number of halogens is 3. The smallest absolute Gasteiger partial charge is 0.370 e. The lowest BCUT2D eigenvalue weighted by Crippen LogP contribution is -2.34. The van der Waals surface area contributed by atoms with Crippen molar-refractivity contribution >= 4 is 17.4 Å². The van der Waals surface area contributed by atoms with E-state index in [1.54, 1.807) is 42.9 Å². The van der Waals surface area contributed by atoms with E-state index in [1.165, 1.54) is 6.07 Å². The number of rotatable bonds is 7. The Kier molecular flexibility index (Phi) is 6.87. The van der Waals surface area contributed by atoms with Gasteiger partial charge in [-0.1, -0.05) is 13.0 Å². The molecule has 120 valence electrons. The Morgan fingerprint density at radius 1 is 1.33 bits per heavy atom. The van der Waals surface area contributed by atoms with Crippen molar-refractivity contribution in [3.05, 3.63) is 29.3 Å². The lowest BCUT2D eigenvalue weighted by molar-refractivity contribution is -0.137. The molecule has 0 heterocycles. The molecule has 2 nitrogen and oxygen atoms in total. The number of hydrogen-bond donors (Lipinski definition) is 1. The summed E-state index contributed by atoms with van der Waals surface area (Å²) in [5.74, 6) is 0.808. The van der Waals surface area contributed by atoms with Crippen LogP contribution in [-0.2, 0) is 12.7 Å². The number of hydrogen-bond acceptors (Lipinski definition) is 3. The van der Waals surface area contributed by atoms with E-state index < -0.39 is 11.7 Å². The second-order valence-electron chi connectivity index (χ2n) is 5.01. The highest BCUT2D eigenvalue weighted by atomic mass is 32.2. The van der Waals surface area contributed by atoms with Gasteiger partial charge in [-0.3, -0.25) is 0 Å². The quantitative estimate of drug-likeness (QED) is 0.817. The van der Waals surface area contributed by atoms with Crippen molar-refractivity contribution in [1.29, 1.82) is 0 Å². The van der Waals surface area contributed by atoms with Crippen LogP contribution < -0.4 is 10.2 Å². The van der Waals surface area contributed by atoms with Crippen molar-refractivity contribution in [1.82, 2.24) is 5.32 Å². The number of benzene rings is 1. The Hall–Kier alpha value is -0.880. The van der Waals surface area contributed by atoms with Gasteiger partial charge >= 0.3 is 6.18 Å². The average molecular weight is 320 g/mol. The lowest BCUT2D eigenvalue weighted by Gasteiger charge is -2.31. The van der Waals surface area contributed by atoms with Gasteiger partial charge < -0.3 is 10.2 Å². The Bertz CT molecular complexity index is 449. The molecule has 1 atom stereocenters. The van der Waals surface area contributed by atoms with Crippen LogP contribution in [0.4, 0.5) is 18.9 Å². The maximum absolute atomic E-state index is 13.3. The lowest BCUT2D eigenvalue weighted by atomic mass is 10.1. The first kappa shape index (κ1) is 18.2. The Morgan fingerprint density at radius 2 is 2.00 bits per heavy atom. The number of nitrogens with zero attached hydrogens (tertiary/aromatic N) is 1. The number of thioether (sulfide) groups is 1. The van der Waals surface area contributed by atoms with E-state index >= 15 is 0 Å². The van der Waals surface area contributed by atoms with Gasteiger partial charge in [-0.2, -0.15) is 24.9 Å². The molecule has 1 rings (SSSR count). The SMILES string of the molecule is CCC(CSC)N(C)c1ccc(CNC)cc1C(F)(F)F. The Morgan fingerprint density at radius 3 is 2.48 bits per heavy atom. The van der Waals surface area contributed by atoms with E-state index in [1.807, 2.05) is 13.2 Å². The van der Waals surface area contributed by atoms with Crippen molar-refractivity contribution in [2.24, 2.45) is 0 Å². The number of anilines is 1. The fourth-order valence-corrected chi connectivity index (χ4v) is 3.17. The predicted molar refractivity (Wildman–Crippen MR) is 85.1 cm³/mol. The van der Waals surface area contributed by atoms with E-state index in [9.17, 15) is 13.2 Å². The maximum atomic E-state index is 13.3. The molecule has 0 spiro atoms. The van der Waals surface area contributed by atoms with E-state index in [0.29, 0.717) is 12.1 Å². The molecular weight excluding hydrogens is 297 g/mol. The second kappa shape index (κ2) is 7.94. The first-order valence-electron chi connectivity index (χ1n) is 6.91. The standard InChI is InChI=1S/C15H23F3N2S/c1-5-12(10-21-4)20(3)14-7-6-11(9-19-2)8-13(14)15(16,17)18/h6-8,12,19H,5,9-10H2,1-4H3. The number of nitrogens with one attached hydrogen (secondary N) is 1. The molecule has 0 saturated heterocycles. The van der Waals surface area contributed by atoms with Crippen molar-refractivity contribution < 1.29 is 13.2 Å². The third-order valence-electron chi connectivity index (χ3n) is 3.51. The van der Waals surface area contributed by atoms with Gasteiger partial charge in [0.1, 0.15) is 0 Å². The van der Waals surface area contributed by atoms with Crippen LogP contribution in [0, 0.1) is 0 Å². The Labute approximate surface area is 129 Å². The van der Waals surface area contributed by atoms with Gasteiger partial charge in [0, 0.05) is 31.1 Å². The largest absolute Gasteiger partial charge is 0.418 e. The molecule has 0 amide bonds. The maximum Gasteiger partial charge on any atom is 0.418 e. The van der Waals surface area contributed by atoms with Crippen LogP contribution >= 0.6 is 11.8 Å². The molecule has 0 aliphatic rings. The zero-order chi connectivity index (χ0) is 16.0. The summed E-state index contributed by atoms with van der Waals surface area (Å²) in [7, 11) is 3.46. The summed E-state index contributed by atoms with van der Waals surface area (Å²) in [6.45, 7) is 2.43. The molecule has 1 aromatic carbocycles. The van der Waals surface area contributed by atoms with Crippen LogP contribution in [0.25, 0.3) is 0 Å². The third kappa shape index (κ3) is 4.81. The molecule has 0 aromatic heterocycles. The molecule has 0 aliphatic heterocycles. The summed E-state index contributed by atoms with van der Waals surface area (Å²) in [6.07, 6.45) is -1.56. The second-order valence-corrected chi connectivity index (χ2v) is 5.92. The van der Waals surface area contributed by atoms with Crippen molar-refractivity contribution in [3.8, 4) is 0 Å². The van der Waals surface area contributed by atoms with Crippen LogP contribution in [-0.4, -0.2) is 32.1 Å². The summed E-state index contributed by atoms with van der Waals surface area (Å²) in [5, 5.41) is 2.88. The molecule has 21 heavy (non-hydrogen) atoms. The zero-order valence-corrected chi connectivity index (χ0v) is 13.7. The van der Waals surface area contributed by atoms with Gasteiger partial charge in [0.15, 0.2) is 0 Å². The molecule has 1 aromatic rings. The number of alkyl halides is 3. The van der Waals surface area contributed by atoms with Gasteiger partial charge in [0.2, 0.25) is 0 Å². The molecule has 1 unspecified atom stereocenters. The summed E-state index contributed by atoms with van der Waals surface area (Å²) in [5.41, 5.74) is 0.334. The topological polar surface area (TPSA) is 15.3 Å². The highest BCUT2D eigenvalue weighted by molar-refractivity contribution is 7.98. The minimum absolute atomic E-state index is 0.0938. The normalized spacial score (nSPS) is 13.3.